The Bertz CT molecular complexity index is 823. The van der Waals surface area contributed by atoms with Gasteiger partial charge in [-0.2, -0.15) is 0 Å². The number of benzene rings is 2. The van der Waals surface area contributed by atoms with E-state index in [0.29, 0.717) is 26.3 Å². The second-order valence-corrected chi connectivity index (χ2v) is 7.65. The van der Waals surface area contributed by atoms with Crippen LogP contribution in [0.25, 0.3) is 0 Å². The van der Waals surface area contributed by atoms with Crippen molar-refractivity contribution in [2.45, 2.75) is 40.4 Å². The van der Waals surface area contributed by atoms with E-state index in [-0.39, 0.29) is 0 Å². The van der Waals surface area contributed by atoms with Crippen molar-refractivity contribution in [3.63, 3.8) is 0 Å². The van der Waals surface area contributed by atoms with Crippen LogP contribution in [0, 0.1) is 6.92 Å². The summed E-state index contributed by atoms with van der Waals surface area (Å²) < 4.78 is 11.0. The van der Waals surface area contributed by atoms with E-state index in [0.717, 1.165) is 36.9 Å². The van der Waals surface area contributed by atoms with Crippen molar-refractivity contribution in [3.05, 3.63) is 64.7 Å². The molecule has 2 aromatic rings. The lowest BCUT2D eigenvalue weighted by molar-refractivity contribution is 0.145. The van der Waals surface area contributed by atoms with Crippen LogP contribution in [-0.4, -0.2) is 51.3 Å². The van der Waals surface area contributed by atoms with Gasteiger partial charge in [0.05, 0.1) is 13.2 Å². The fraction of sp³-hybridized carbons (Fsp3) is 0.480. The number of ether oxygens (including phenoxy) is 2. The molecule has 0 fully saturated rings. The van der Waals surface area contributed by atoms with Gasteiger partial charge < -0.3 is 25.0 Å². The number of hydrogen-bond donors (Lipinski definition) is 2. The van der Waals surface area contributed by atoms with Crippen molar-refractivity contribution in [3.8, 4) is 5.75 Å². The molecule has 0 aromatic heterocycles. The van der Waals surface area contributed by atoms with Crippen LogP contribution in [0.15, 0.2) is 47.5 Å². The van der Waals surface area contributed by atoms with Crippen LogP contribution in [0.3, 0.4) is 0 Å². The maximum atomic E-state index is 5.90. The van der Waals surface area contributed by atoms with E-state index >= 15 is 0 Å². The Hall–Kier alpha value is -2.57. The van der Waals surface area contributed by atoms with E-state index in [4.69, 9.17) is 14.5 Å². The molecule has 0 amide bonds. The van der Waals surface area contributed by atoms with Gasteiger partial charge in [-0.1, -0.05) is 43.3 Å². The molecule has 0 atom stereocenters. The minimum atomic E-state index is 0.532. The molecule has 0 saturated heterocycles. The lowest BCUT2D eigenvalue weighted by atomic mass is 10.1. The zero-order chi connectivity index (χ0) is 22.5. The first-order valence-electron chi connectivity index (χ1n) is 11.1. The van der Waals surface area contributed by atoms with Crippen LogP contribution in [0.4, 0.5) is 0 Å². The summed E-state index contributed by atoms with van der Waals surface area (Å²) in [6.45, 7) is 11.5. The van der Waals surface area contributed by atoms with Crippen LogP contribution in [0.5, 0.6) is 5.75 Å². The summed E-state index contributed by atoms with van der Waals surface area (Å²) in [7, 11) is 3.81. The van der Waals surface area contributed by atoms with Gasteiger partial charge in [-0.05, 0) is 50.2 Å². The minimum absolute atomic E-state index is 0.532. The van der Waals surface area contributed by atoms with E-state index in [9.17, 15) is 0 Å². The highest BCUT2D eigenvalue weighted by molar-refractivity contribution is 5.79. The Balaban J connectivity index is 2.03. The van der Waals surface area contributed by atoms with E-state index in [2.05, 4.69) is 85.8 Å². The van der Waals surface area contributed by atoms with Crippen molar-refractivity contribution in [2.75, 3.05) is 40.5 Å². The third kappa shape index (κ3) is 8.99. The van der Waals surface area contributed by atoms with Crippen LogP contribution < -0.4 is 15.4 Å². The molecule has 0 radical (unpaired) electrons. The maximum Gasteiger partial charge on any atom is 0.191 e. The number of guanidine groups is 1. The molecule has 170 valence electrons. The Morgan fingerprint density at radius 3 is 2.58 bits per heavy atom. The summed E-state index contributed by atoms with van der Waals surface area (Å²) >= 11 is 0. The molecule has 0 saturated carbocycles. The monoisotopic (exact) mass is 426 g/mol. The Kier molecular flexibility index (Phi) is 10.9. The van der Waals surface area contributed by atoms with Crippen LogP contribution in [0.1, 0.15) is 36.1 Å². The highest BCUT2D eigenvalue weighted by atomic mass is 16.5. The van der Waals surface area contributed by atoms with Gasteiger partial charge >= 0.3 is 0 Å². The third-order valence-corrected chi connectivity index (χ3v) is 4.96. The summed E-state index contributed by atoms with van der Waals surface area (Å²) in [5, 5.41) is 6.76. The van der Waals surface area contributed by atoms with Crippen molar-refractivity contribution < 1.29 is 9.47 Å². The average molecular weight is 427 g/mol. The largest absolute Gasteiger partial charge is 0.491 e. The van der Waals surface area contributed by atoms with Gasteiger partial charge in [0.15, 0.2) is 5.96 Å². The van der Waals surface area contributed by atoms with Crippen molar-refractivity contribution in [2.24, 2.45) is 4.99 Å². The first kappa shape index (κ1) is 24.7. The number of nitrogens with one attached hydrogen (secondary N) is 2. The standard InChI is InChI=1S/C25H38N4O2/c1-6-26-25(27-17-21-9-8-10-22(16-21)19-29(4)7-2)28-18-23-12-11-20(3)15-24(23)31-14-13-30-5/h8-12,15-16H,6-7,13-14,17-19H2,1-5H3,(H2,26,27,28). The Labute approximate surface area is 187 Å². The van der Waals surface area contributed by atoms with Gasteiger partial charge in [-0.15, -0.1) is 0 Å². The molecule has 0 spiro atoms. The predicted octanol–water partition coefficient (Wildman–Crippen LogP) is 3.73. The summed E-state index contributed by atoms with van der Waals surface area (Å²) in [4.78, 5) is 7.08. The highest BCUT2D eigenvalue weighted by Crippen LogP contribution is 2.20. The number of methoxy groups -OCH3 is 1. The molecule has 2 N–H and O–H groups in total. The SMILES string of the molecule is CCNC(=NCc1cccc(CN(C)CC)c1)NCc1ccc(C)cc1OCCOC. The van der Waals surface area contributed by atoms with E-state index in [1.165, 1.54) is 16.7 Å². The molecule has 0 bridgehead atoms. The summed E-state index contributed by atoms with van der Waals surface area (Å²) in [5.74, 6) is 1.68. The van der Waals surface area contributed by atoms with E-state index in [1.807, 2.05) is 0 Å². The highest BCUT2D eigenvalue weighted by Gasteiger charge is 2.06. The lowest BCUT2D eigenvalue weighted by Gasteiger charge is -2.16. The molecule has 2 aromatic carbocycles. The average Bonchev–Trinajstić information content (AvgIpc) is 2.77. The van der Waals surface area contributed by atoms with Gasteiger partial charge in [0.2, 0.25) is 0 Å². The zero-order valence-electron chi connectivity index (χ0n) is 19.7. The van der Waals surface area contributed by atoms with Gasteiger partial charge in [-0.25, -0.2) is 4.99 Å². The molecular formula is C25H38N4O2. The molecule has 31 heavy (non-hydrogen) atoms. The smallest absolute Gasteiger partial charge is 0.191 e. The number of hydrogen-bond acceptors (Lipinski definition) is 4. The maximum absolute atomic E-state index is 5.90. The number of aliphatic imine (C=N–C) groups is 1. The molecule has 0 heterocycles. The Morgan fingerprint density at radius 2 is 1.84 bits per heavy atom. The fourth-order valence-electron chi connectivity index (χ4n) is 3.12. The zero-order valence-corrected chi connectivity index (χ0v) is 19.7. The van der Waals surface area contributed by atoms with Crippen molar-refractivity contribution in [1.82, 2.24) is 15.5 Å². The third-order valence-electron chi connectivity index (χ3n) is 4.96. The Morgan fingerprint density at radius 1 is 1.03 bits per heavy atom. The lowest BCUT2D eigenvalue weighted by Crippen LogP contribution is -2.36. The van der Waals surface area contributed by atoms with Gasteiger partial charge in [0.1, 0.15) is 12.4 Å². The number of nitrogens with zero attached hydrogens (tertiary/aromatic N) is 2. The fourth-order valence-corrected chi connectivity index (χ4v) is 3.12. The molecule has 2 rings (SSSR count). The van der Waals surface area contributed by atoms with Crippen molar-refractivity contribution >= 4 is 5.96 Å². The normalized spacial score (nSPS) is 11.6. The predicted molar refractivity (Wildman–Crippen MR) is 129 cm³/mol. The van der Waals surface area contributed by atoms with Crippen LogP contribution in [0.2, 0.25) is 0 Å². The van der Waals surface area contributed by atoms with Gasteiger partial charge in [0, 0.05) is 32.3 Å². The molecule has 6 nitrogen and oxygen atoms in total. The first-order valence-corrected chi connectivity index (χ1v) is 11.1. The molecular weight excluding hydrogens is 388 g/mol. The van der Waals surface area contributed by atoms with E-state index in [1.54, 1.807) is 7.11 Å². The van der Waals surface area contributed by atoms with Crippen LogP contribution >= 0.6 is 0 Å². The van der Waals surface area contributed by atoms with Gasteiger partial charge in [0.25, 0.3) is 0 Å². The molecule has 0 unspecified atom stereocenters. The van der Waals surface area contributed by atoms with Crippen LogP contribution in [-0.2, 0) is 24.4 Å². The van der Waals surface area contributed by atoms with E-state index < -0.39 is 0 Å². The van der Waals surface area contributed by atoms with Gasteiger partial charge in [-0.3, -0.25) is 0 Å². The molecule has 0 aliphatic carbocycles. The number of rotatable bonds is 12. The molecule has 0 aliphatic rings. The summed E-state index contributed by atoms with van der Waals surface area (Å²) in [5.41, 5.74) is 4.79. The summed E-state index contributed by atoms with van der Waals surface area (Å²) in [6.07, 6.45) is 0. The first-order chi connectivity index (χ1) is 15.0. The second-order valence-electron chi connectivity index (χ2n) is 7.65. The molecule has 0 aliphatic heterocycles. The topological polar surface area (TPSA) is 58.1 Å². The minimum Gasteiger partial charge on any atom is -0.491 e. The molecule has 6 heteroatoms. The summed E-state index contributed by atoms with van der Waals surface area (Å²) in [6, 6.07) is 14.9. The quantitative estimate of drug-likeness (QED) is 0.308. The number of aryl methyl sites for hydroxylation is 1. The second kappa shape index (κ2) is 13.7. The van der Waals surface area contributed by atoms with Crippen molar-refractivity contribution in [1.29, 1.82) is 0 Å².